The van der Waals surface area contributed by atoms with Gasteiger partial charge >= 0.3 is 5.97 Å². The lowest BCUT2D eigenvalue weighted by molar-refractivity contribution is 0.0526. The number of nitrogens with zero attached hydrogens (tertiary/aromatic N) is 3. The molecule has 0 atom stereocenters. The van der Waals surface area contributed by atoms with Crippen LogP contribution in [-0.4, -0.2) is 35.5 Å². The van der Waals surface area contributed by atoms with E-state index in [1.807, 2.05) is 42.3 Å². The minimum atomic E-state index is -0.397. The second kappa shape index (κ2) is 9.45. The molecule has 0 bridgehead atoms. The number of carbonyl (C=O) groups is 2. The number of hydrogen-bond donors (Lipinski definition) is 1. The van der Waals surface area contributed by atoms with Crippen molar-refractivity contribution < 1.29 is 14.3 Å². The summed E-state index contributed by atoms with van der Waals surface area (Å²) in [6.45, 7) is 2.75. The number of carbonyl (C=O) groups excluding carboxylic acids is 2. The van der Waals surface area contributed by atoms with Gasteiger partial charge in [0.1, 0.15) is 11.5 Å². The number of amides is 1. The lowest BCUT2D eigenvalue weighted by Gasteiger charge is -2.17. The summed E-state index contributed by atoms with van der Waals surface area (Å²) in [7, 11) is 1.92. The van der Waals surface area contributed by atoms with Gasteiger partial charge in [0.25, 0.3) is 5.91 Å². The fourth-order valence-electron chi connectivity index (χ4n) is 2.67. The number of esters is 1. The highest BCUT2D eigenvalue weighted by Gasteiger charge is 2.11. The van der Waals surface area contributed by atoms with Gasteiger partial charge in [-0.25, -0.2) is 14.8 Å². The molecule has 1 heterocycles. The van der Waals surface area contributed by atoms with Crippen molar-refractivity contribution in [2.24, 2.45) is 0 Å². The van der Waals surface area contributed by atoms with Gasteiger partial charge in [-0.05, 0) is 36.8 Å². The summed E-state index contributed by atoms with van der Waals surface area (Å²) in [4.78, 5) is 34.6. The maximum Gasteiger partial charge on any atom is 0.338 e. The van der Waals surface area contributed by atoms with E-state index in [4.69, 9.17) is 4.74 Å². The van der Waals surface area contributed by atoms with Gasteiger partial charge in [0.2, 0.25) is 0 Å². The van der Waals surface area contributed by atoms with E-state index in [9.17, 15) is 9.59 Å². The molecule has 0 unspecified atom stereocenters. The molecule has 0 aliphatic rings. The molecule has 7 nitrogen and oxygen atoms in total. The van der Waals surface area contributed by atoms with Crippen LogP contribution in [0.25, 0.3) is 0 Å². The molecule has 2 aromatic carbocycles. The fourth-order valence-corrected chi connectivity index (χ4v) is 2.67. The number of nitrogens with one attached hydrogen (secondary N) is 1. The Labute approximate surface area is 169 Å². The van der Waals surface area contributed by atoms with E-state index in [1.165, 1.54) is 6.20 Å². The monoisotopic (exact) mass is 390 g/mol. The first kappa shape index (κ1) is 20.0. The highest BCUT2D eigenvalue weighted by atomic mass is 16.5. The molecular weight excluding hydrogens is 368 g/mol. The van der Waals surface area contributed by atoms with Crippen LogP contribution in [0, 0.1) is 0 Å². The molecule has 0 fully saturated rings. The van der Waals surface area contributed by atoms with Crippen LogP contribution in [0.15, 0.2) is 67.0 Å². The standard InChI is InChI=1S/C22H22N4O3/c1-3-29-22(28)17-9-11-18(12-10-17)25-21(27)19-13-24-20(14-23-19)26(2)15-16-7-5-4-6-8-16/h4-14H,3,15H2,1-2H3,(H,25,27). The van der Waals surface area contributed by atoms with Crippen LogP contribution in [0.4, 0.5) is 11.5 Å². The van der Waals surface area contributed by atoms with Crippen LogP contribution in [0.3, 0.4) is 0 Å². The van der Waals surface area contributed by atoms with Crippen LogP contribution in [0.5, 0.6) is 0 Å². The van der Waals surface area contributed by atoms with Crippen LogP contribution in [-0.2, 0) is 11.3 Å². The number of anilines is 2. The van der Waals surface area contributed by atoms with Crippen LogP contribution in [0.1, 0.15) is 33.3 Å². The van der Waals surface area contributed by atoms with Gasteiger partial charge in [-0.3, -0.25) is 4.79 Å². The molecule has 1 aromatic heterocycles. The Morgan fingerprint density at radius 3 is 2.34 bits per heavy atom. The average Bonchev–Trinajstić information content (AvgIpc) is 2.75. The molecule has 0 spiro atoms. The van der Waals surface area contributed by atoms with E-state index in [0.717, 1.165) is 5.56 Å². The molecule has 0 radical (unpaired) electrons. The molecule has 1 N–H and O–H groups in total. The average molecular weight is 390 g/mol. The zero-order valence-electron chi connectivity index (χ0n) is 16.3. The Hall–Kier alpha value is -3.74. The van der Waals surface area contributed by atoms with Crippen molar-refractivity contribution in [2.75, 3.05) is 23.9 Å². The lowest BCUT2D eigenvalue weighted by Crippen LogP contribution is -2.19. The summed E-state index contributed by atoms with van der Waals surface area (Å²) in [6.07, 6.45) is 3.01. The summed E-state index contributed by atoms with van der Waals surface area (Å²) in [5.74, 6) is -0.103. The maximum absolute atomic E-state index is 12.4. The smallest absolute Gasteiger partial charge is 0.338 e. The van der Waals surface area contributed by atoms with Crippen molar-refractivity contribution in [3.8, 4) is 0 Å². The van der Waals surface area contributed by atoms with Crippen molar-refractivity contribution >= 4 is 23.4 Å². The highest BCUT2D eigenvalue weighted by Crippen LogP contribution is 2.14. The molecule has 29 heavy (non-hydrogen) atoms. The topological polar surface area (TPSA) is 84.4 Å². The van der Waals surface area contributed by atoms with Gasteiger partial charge in [0, 0.05) is 19.3 Å². The molecule has 7 heteroatoms. The normalized spacial score (nSPS) is 10.3. The summed E-state index contributed by atoms with van der Waals surface area (Å²) < 4.78 is 4.94. The van der Waals surface area contributed by atoms with Crippen LogP contribution < -0.4 is 10.2 Å². The van der Waals surface area contributed by atoms with E-state index in [1.54, 1.807) is 37.4 Å². The minimum Gasteiger partial charge on any atom is -0.462 e. The molecule has 0 saturated heterocycles. The summed E-state index contributed by atoms with van der Waals surface area (Å²) in [5, 5.41) is 2.74. The Morgan fingerprint density at radius 2 is 1.72 bits per heavy atom. The molecule has 3 aromatic rings. The molecule has 148 valence electrons. The second-order valence-corrected chi connectivity index (χ2v) is 6.35. The summed E-state index contributed by atoms with van der Waals surface area (Å²) in [5.41, 5.74) is 2.34. The van der Waals surface area contributed by atoms with E-state index < -0.39 is 5.97 Å². The van der Waals surface area contributed by atoms with Crippen LogP contribution >= 0.6 is 0 Å². The van der Waals surface area contributed by atoms with Gasteiger partial charge in [0.05, 0.1) is 24.6 Å². The SMILES string of the molecule is CCOC(=O)c1ccc(NC(=O)c2cnc(N(C)Cc3ccccc3)cn2)cc1. The zero-order chi connectivity index (χ0) is 20.6. The lowest BCUT2D eigenvalue weighted by atomic mass is 10.2. The molecule has 0 aliphatic carbocycles. The minimum absolute atomic E-state index is 0.205. The first-order valence-corrected chi connectivity index (χ1v) is 9.22. The van der Waals surface area contributed by atoms with E-state index >= 15 is 0 Å². The zero-order valence-corrected chi connectivity index (χ0v) is 16.3. The van der Waals surface area contributed by atoms with E-state index in [-0.39, 0.29) is 11.6 Å². The van der Waals surface area contributed by atoms with Crippen molar-refractivity contribution in [3.05, 3.63) is 83.8 Å². The quantitative estimate of drug-likeness (QED) is 0.621. The molecule has 3 rings (SSSR count). The van der Waals surface area contributed by atoms with Crippen LogP contribution in [0.2, 0.25) is 0 Å². The Morgan fingerprint density at radius 1 is 1.00 bits per heavy atom. The van der Waals surface area contributed by atoms with E-state index in [0.29, 0.717) is 30.2 Å². The van der Waals surface area contributed by atoms with Gasteiger partial charge in [-0.15, -0.1) is 0 Å². The van der Waals surface area contributed by atoms with E-state index in [2.05, 4.69) is 15.3 Å². The van der Waals surface area contributed by atoms with Crippen molar-refractivity contribution in [1.29, 1.82) is 0 Å². The maximum atomic E-state index is 12.4. The van der Waals surface area contributed by atoms with Crippen molar-refractivity contribution in [2.45, 2.75) is 13.5 Å². The molecule has 0 aliphatic heterocycles. The van der Waals surface area contributed by atoms with Gasteiger partial charge < -0.3 is 15.0 Å². The second-order valence-electron chi connectivity index (χ2n) is 6.35. The molecule has 1 amide bonds. The van der Waals surface area contributed by atoms with Gasteiger partial charge in [-0.1, -0.05) is 30.3 Å². The predicted molar refractivity (Wildman–Crippen MR) is 111 cm³/mol. The fraction of sp³-hybridized carbons (Fsp3) is 0.182. The first-order chi connectivity index (χ1) is 14.1. The molecular formula is C22H22N4O3. The highest BCUT2D eigenvalue weighted by molar-refractivity contribution is 6.03. The van der Waals surface area contributed by atoms with Crippen molar-refractivity contribution in [1.82, 2.24) is 9.97 Å². The number of ether oxygens (including phenoxy) is 1. The largest absolute Gasteiger partial charge is 0.462 e. The number of hydrogen-bond acceptors (Lipinski definition) is 6. The third-order valence-electron chi connectivity index (χ3n) is 4.18. The van der Waals surface area contributed by atoms with Gasteiger partial charge in [0.15, 0.2) is 0 Å². The number of rotatable bonds is 7. The third-order valence-corrected chi connectivity index (χ3v) is 4.18. The molecule has 0 saturated carbocycles. The van der Waals surface area contributed by atoms with Crippen molar-refractivity contribution in [3.63, 3.8) is 0 Å². The summed E-state index contributed by atoms with van der Waals surface area (Å²) in [6, 6.07) is 16.5. The van der Waals surface area contributed by atoms with Gasteiger partial charge in [-0.2, -0.15) is 0 Å². The third kappa shape index (κ3) is 5.38. The summed E-state index contributed by atoms with van der Waals surface area (Å²) >= 11 is 0. The number of aromatic nitrogens is 2. The Kier molecular flexibility index (Phi) is 6.52. The Bertz CT molecular complexity index is 958. The number of benzene rings is 2. The first-order valence-electron chi connectivity index (χ1n) is 9.22. The Balaban J connectivity index is 1.60. The predicted octanol–water partition coefficient (Wildman–Crippen LogP) is 3.54.